The summed E-state index contributed by atoms with van der Waals surface area (Å²) in [6.07, 6.45) is -0.110. The second-order valence-electron chi connectivity index (χ2n) is 5.26. The molecule has 0 radical (unpaired) electrons. The van der Waals surface area contributed by atoms with Crippen molar-refractivity contribution in [2.75, 3.05) is 5.32 Å². The first kappa shape index (κ1) is 14.8. The van der Waals surface area contributed by atoms with Crippen molar-refractivity contribution in [3.8, 4) is 0 Å². The molecule has 0 saturated heterocycles. The van der Waals surface area contributed by atoms with Crippen molar-refractivity contribution >= 4 is 22.4 Å². The van der Waals surface area contributed by atoms with Crippen molar-refractivity contribution < 1.29 is 4.79 Å². The van der Waals surface area contributed by atoms with E-state index < -0.39 is 11.2 Å². The molecule has 1 amide bonds. The van der Waals surface area contributed by atoms with Crippen LogP contribution in [-0.4, -0.2) is 15.9 Å². The smallest absolute Gasteiger partial charge is 0.325 e. The van der Waals surface area contributed by atoms with Crippen LogP contribution in [0.25, 0.3) is 10.8 Å². The zero-order valence-electron chi connectivity index (χ0n) is 12.5. The zero-order valence-corrected chi connectivity index (χ0v) is 12.5. The molecule has 1 aromatic heterocycles. The quantitative estimate of drug-likeness (QED) is 0.687. The number of rotatable bonds is 3. The van der Waals surface area contributed by atoms with Crippen LogP contribution in [0.2, 0.25) is 0 Å². The fourth-order valence-corrected chi connectivity index (χ4v) is 2.53. The van der Waals surface area contributed by atoms with Crippen molar-refractivity contribution in [2.45, 2.75) is 13.3 Å². The molecule has 0 atom stereocenters. The normalized spacial score (nSPS) is 10.7. The van der Waals surface area contributed by atoms with E-state index in [9.17, 15) is 14.4 Å². The number of aromatic nitrogens is 2. The fraction of sp³-hybridized carbons (Fsp3) is 0.118. The summed E-state index contributed by atoms with van der Waals surface area (Å²) in [6, 6.07) is 13.3. The molecule has 116 valence electrons. The molecule has 3 N–H and O–H groups in total. The Bertz CT molecular complexity index is 996. The lowest BCUT2D eigenvalue weighted by Crippen LogP contribution is -2.29. The highest BCUT2D eigenvalue weighted by Gasteiger charge is 2.12. The highest BCUT2D eigenvalue weighted by Crippen LogP contribution is 2.22. The minimum absolute atomic E-state index is 0.110. The predicted octanol–water partition coefficient (Wildman–Crippen LogP) is 1.71. The lowest BCUT2D eigenvalue weighted by molar-refractivity contribution is -0.115. The number of H-pyrrole nitrogens is 2. The molecule has 0 saturated carbocycles. The maximum atomic E-state index is 12.3. The number of amides is 1. The van der Waals surface area contributed by atoms with Gasteiger partial charge in [-0.2, -0.15) is 0 Å². The zero-order chi connectivity index (χ0) is 16.4. The molecule has 6 nitrogen and oxygen atoms in total. The third kappa shape index (κ3) is 3.06. The Hall–Kier alpha value is -3.15. The van der Waals surface area contributed by atoms with Gasteiger partial charge < -0.3 is 10.3 Å². The summed E-state index contributed by atoms with van der Waals surface area (Å²) < 4.78 is 0. The second kappa shape index (κ2) is 5.92. The third-order valence-electron chi connectivity index (χ3n) is 3.66. The molecule has 0 unspecified atom stereocenters. The summed E-state index contributed by atoms with van der Waals surface area (Å²) in [5.74, 6) is -0.318. The van der Waals surface area contributed by atoms with E-state index >= 15 is 0 Å². The predicted molar refractivity (Wildman–Crippen MR) is 88.7 cm³/mol. The molecule has 0 aliphatic heterocycles. The summed E-state index contributed by atoms with van der Waals surface area (Å²) in [5.41, 5.74) is 0.214. The molecular formula is C17H15N3O3. The summed E-state index contributed by atoms with van der Waals surface area (Å²) in [5, 5.41) is 4.76. The topological polar surface area (TPSA) is 94.8 Å². The van der Waals surface area contributed by atoms with E-state index in [-0.39, 0.29) is 17.9 Å². The molecule has 2 aromatic carbocycles. The molecular weight excluding hydrogens is 294 g/mol. The Morgan fingerprint density at radius 2 is 1.78 bits per heavy atom. The number of hydrogen-bond donors (Lipinski definition) is 3. The summed E-state index contributed by atoms with van der Waals surface area (Å²) in [7, 11) is 0. The van der Waals surface area contributed by atoms with Crippen LogP contribution in [0.15, 0.2) is 52.1 Å². The van der Waals surface area contributed by atoms with Crippen LogP contribution in [0.5, 0.6) is 0 Å². The van der Waals surface area contributed by atoms with Gasteiger partial charge in [0, 0.05) is 22.3 Å². The van der Waals surface area contributed by atoms with E-state index in [4.69, 9.17) is 0 Å². The number of nitrogens with one attached hydrogen (secondary N) is 3. The number of carbonyl (C=O) groups excluding carboxylic acids is 1. The monoisotopic (exact) mass is 309 g/mol. The van der Waals surface area contributed by atoms with Crippen LogP contribution in [0.3, 0.4) is 0 Å². The van der Waals surface area contributed by atoms with Gasteiger partial charge in [0.05, 0.1) is 6.42 Å². The first-order valence-corrected chi connectivity index (χ1v) is 7.14. The number of fused-ring (bicyclic) bond motifs is 1. The van der Waals surface area contributed by atoms with Crippen LogP contribution in [-0.2, 0) is 11.2 Å². The Morgan fingerprint density at radius 1 is 1.04 bits per heavy atom. The SMILES string of the molecule is Cc1[nH]c(=O)[nH]c(=O)c1CC(=O)Nc1cccc2ccccc12. The lowest BCUT2D eigenvalue weighted by atomic mass is 10.1. The van der Waals surface area contributed by atoms with Crippen molar-refractivity contribution in [2.24, 2.45) is 0 Å². The summed E-state index contributed by atoms with van der Waals surface area (Å²) >= 11 is 0. The van der Waals surface area contributed by atoms with E-state index in [1.54, 1.807) is 6.92 Å². The van der Waals surface area contributed by atoms with Crippen LogP contribution >= 0.6 is 0 Å². The summed E-state index contributed by atoms with van der Waals surface area (Å²) in [4.78, 5) is 39.9. The van der Waals surface area contributed by atoms with Gasteiger partial charge in [0.15, 0.2) is 0 Å². The van der Waals surface area contributed by atoms with Crippen LogP contribution < -0.4 is 16.6 Å². The van der Waals surface area contributed by atoms with E-state index in [1.165, 1.54) is 0 Å². The van der Waals surface area contributed by atoms with Crippen molar-refractivity contribution in [1.29, 1.82) is 0 Å². The molecule has 23 heavy (non-hydrogen) atoms. The first-order chi connectivity index (χ1) is 11.0. The van der Waals surface area contributed by atoms with Gasteiger partial charge in [-0.1, -0.05) is 36.4 Å². The Balaban J connectivity index is 1.88. The molecule has 0 bridgehead atoms. The molecule has 0 spiro atoms. The van der Waals surface area contributed by atoms with Crippen molar-refractivity contribution in [1.82, 2.24) is 9.97 Å². The van der Waals surface area contributed by atoms with Gasteiger partial charge in [-0.3, -0.25) is 14.6 Å². The average Bonchev–Trinajstić information content (AvgIpc) is 2.51. The molecule has 3 aromatic rings. The highest BCUT2D eigenvalue weighted by atomic mass is 16.2. The fourth-order valence-electron chi connectivity index (χ4n) is 2.53. The van der Waals surface area contributed by atoms with Gasteiger partial charge in [-0.05, 0) is 18.4 Å². The van der Waals surface area contributed by atoms with Gasteiger partial charge in [-0.25, -0.2) is 4.79 Å². The van der Waals surface area contributed by atoms with E-state index in [0.29, 0.717) is 11.4 Å². The van der Waals surface area contributed by atoms with Crippen LogP contribution in [0, 0.1) is 6.92 Å². The summed E-state index contributed by atoms with van der Waals surface area (Å²) in [6.45, 7) is 1.59. The minimum Gasteiger partial charge on any atom is -0.325 e. The number of benzene rings is 2. The minimum atomic E-state index is -0.578. The van der Waals surface area contributed by atoms with Crippen LogP contribution in [0.1, 0.15) is 11.3 Å². The molecule has 0 fully saturated rings. The Labute approximate surface area is 131 Å². The van der Waals surface area contributed by atoms with Crippen molar-refractivity contribution in [3.63, 3.8) is 0 Å². The van der Waals surface area contributed by atoms with Gasteiger partial charge in [0.25, 0.3) is 5.56 Å². The Morgan fingerprint density at radius 3 is 2.57 bits per heavy atom. The Kier molecular flexibility index (Phi) is 3.80. The van der Waals surface area contributed by atoms with E-state index in [2.05, 4.69) is 15.3 Å². The molecule has 0 aliphatic carbocycles. The number of aromatic amines is 2. The average molecular weight is 309 g/mol. The van der Waals surface area contributed by atoms with Crippen LogP contribution in [0.4, 0.5) is 5.69 Å². The lowest BCUT2D eigenvalue weighted by Gasteiger charge is -2.09. The molecule has 0 aliphatic rings. The number of hydrogen-bond acceptors (Lipinski definition) is 3. The number of carbonyl (C=O) groups is 1. The van der Waals surface area contributed by atoms with Gasteiger partial charge >= 0.3 is 5.69 Å². The standard InChI is InChI=1S/C17H15N3O3/c1-10-13(16(22)20-17(23)18-10)9-15(21)19-14-8-4-6-11-5-2-3-7-12(11)14/h2-8H,9H2,1H3,(H,19,21)(H2,18,20,22,23). The van der Waals surface area contributed by atoms with E-state index in [1.807, 2.05) is 42.5 Å². The van der Waals surface area contributed by atoms with Gasteiger partial charge in [0.1, 0.15) is 0 Å². The van der Waals surface area contributed by atoms with Crippen molar-refractivity contribution in [3.05, 3.63) is 74.6 Å². The highest BCUT2D eigenvalue weighted by molar-refractivity contribution is 6.02. The largest absolute Gasteiger partial charge is 0.325 e. The molecule has 3 rings (SSSR count). The second-order valence-corrected chi connectivity index (χ2v) is 5.26. The maximum absolute atomic E-state index is 12.3. The third-order valence-corrected chi connectivity index (χ3v) is 3.66. The first-order valence-electron chi connectivity index (χ1n) is 7.14. The van der Waals surface area contributed by atoms with Gasteiger partial charge in [-0.15, -0.1) is 0 Å². The maximum Gasteiger partial charge on any atom is 0.325 e. The molecule has 1 heterocycles. The van der Waals surface area contributed by atoms with E-state index in [0.717, 1.165) is 10.8 Å². The van der Waals surface area contributed by atoms with Gasteiger partial charge in [0.2, 0.25) is 5.91 Å². The number of anilines is 1. The number of aryl methyl sites for hydroxylation is 1. The molecule has 6 heteroatoms.